The minimum absolute atomic E-state index is 0. The predicted octanol–water partition coefficient (Wildman–Crippen LogP) is 3.55. The maximum absolute atomic E-state index is 13.1. The van der Waals surface area contributed by atoms with Gasteiger partial charge in [0.05, 0.1) is 20.3 Å². The van der Waals surface area contributed by atoms with E-state index < -0.39 is 0 Å². The SMILES string of the molecule is COc1cc2c(cc1OC)C(=O)C(N1CCN(CCOc3ccc(C)c(C)c3)CC1)C2.Cl. The van der Waals surface area contributed by atoms with Gasteiger partial charge < -0.3 is 14.2 Å². The largest absolute Gasteiger partial charge is 0.493 e. The van der Waals surface area contributed by atoms with Crippen molar-refractivity contribution in [2.75, 3.05) is 53.6 Å². The van der Waals surface area contributed by atoms with Crippen LogP contribution < -0.4 is 14.2 Å². The van der Waals surface area contributed by atoms with Crippen molar-refractivity contribution in [2.24, 2.45) is 0 Å². The summed E-state index contributed by atoms with van der Waals surface area (Å²) in [6.07, 6.45) is 0.740. The van der Waals surface area contributed by atoms with Gasteiger partial charge in [0, 0.05) is 38.3 Å². The van der Waals surface area contributed by atoms with Gasteiger partial charge in [0.15, 0.2) is 17.3 Å². The lowest BCUT2D eigenvalue weighted by Gasteiger charge is -2.37. The molecule has 0 bridgehead atoms. The number of hydrogen-bond acceptors (Lipinski definition) is 6. The molecule has 2 aromatic carbocycles. The van der Waals surface area contributed by atoms with E-state index in [0.29, 0.717) is 18.1 Å². The summed E-state index contributed by atoms with van der Waals surface area (Å²) in [4.78, 5) is 17.8. The van der Waals surface area contributed by atoms with Gasteiger partial charge in [-0.15, -0.1) is 12.4 Å². The molecule has 0 radical (unpaired) electrons. The number of methoxy groups -OCH3 is 2. The van der Waals surface area contributed by atoms with E-state index in [1.54, 1.807) is 14.2 Å². The first-order valence-electron chi connectivity index (χ1n) is 11.0. The van der Waals surface area contributed by atoms with Gasteiger partial charge in [0.1, 0.15) is 12.4 Å². The quantitative estimate of drug-likeness (QED) is 0.630. The molecule has 2 aliphatic rings. The molecule has 0 amide bonds. The average molecular weight is 461 g/mol. The number of rotatable bonds is 7. The first-order valence-corrected chi connectivity index (χ1v) is 11.0. The van der Waals surface area contributed by atoms with Gasteiger partial charge in [-0.05, 0) is 61.2 Å². The summed E-state index contributed by atoms with van der Waals surface area (Å²) >= 11 is 0. The second kappa shape index (κ2) is 10.6. The van der Waals surface area contributed by atoms with Gasteiger partial charge in [-0.25, -0.2) is 0 Å². The third-order valence-corrected chi connectivity index (χ3v) is 6.59. The van der Waals surface area contributed by atoms with Crippen molar-refractivity contribution in [1.29, 1.82) is 0 Å². The molecule has 2 aromatic rings. The number of halogens is 1. The fourth-order valence-electron chi connectivity index (χ4n) is 4.49. The van der Waals surface area contributed by atoms with Crippen LogP contribution in [0.3, 0.4) is 0 Å². The predicted molar refractivity (Wildman–Crippen MR) is 128 cm³/mol. The summed E-state index contributed by atoms with van der Waals surface area (Å²) in [6, 6.07) is 9.93. The van der Waals surface area contributed by atoms with Crippen LogP contribution in [0.5, 0.6) is 17.2 Å². The number of ketones is 1. The van der Waals surface area contributed by atoms with Gasteiger partial charge in [-0.2, -0.15) is 0 Å². The summed E-state index contributed by atoms with van der Waals surface area (Å²) in [5.41, 5.74) is 4.36. The summed E-state index contributed by atoms with van der Waals surface area (Å²) < 4.78 is 16.7. The molecule has 1 aliphatic carbocycles. The highest BCUT2D eigenvalue weighted by Gasteiger charge is 2.37. The van der Waals surface area contributed by atoms with E-state index in [1.807, 2.05) is 18.2 Å². The van der Waals surface area contributed by atoms with Gasteiger partial charge in [-0.3, -0.25) is 14.6 Å². The molecule has 1 fully saturated rings. The average Bonchev–Trinajstić information content (AvgIpc) is 3.11. The minimum Gasteiger partial charge on any atom is -0.493 e. The zero-order chi connectivity index (χ0) is 22.0. The third-order valence-electron chi connectivity index (χ3n) is 6.59. The maximum Gasteiger partial charge on any atom is 0.180 e. The van der Waals surface area contributed by atoms with Gasteiger partial charge >= 0.3 is 0 Å². The molecule has 6 nitrogen and oxygen atoms in total. The van der Waals surface area contributed by atoms with Crippen molar-refractivity contribution in [3.63, 3.8) is 0 Å². The van der Waals surface area contributed by atoms with Crippen LogP contribution in [0.1, 0.15) is 27.0 Å². The smallest absolute Gasteiger partial charge is 0.180 e. The van der Waals surface area contributed by atoms with Crippen molar-refractivity contribution < 1.29 is 19.0 Å². The van der Waals surface area contributed by atoms with E-state index in [0.717, 1.165) is 56.0 Å². The molecule has 0 N–H and O–H groups in total. The van der Waals surface area contributed by atoms with Crippen LogP contribution >= 0.6 is 12.4 Å². The molecule has 0 aromatic heterocycles. The number of ether oxygens (including phenoxy) is 3. The first kappa shape index (κ1) is 24.4. The van der Waals surface area contributed by atoms with Crippen LogP contribution in [0.25, 0.3) is 0 Å². The number of benzene rings is 2. The normalized spacial score (nSPS) is 18.8. The number of carbonyl (C=O) groups excluding carboxylic acids is 1. The third kappa shape index (κ3) is 5.03. The van der Waals surface area contributed by atoms with Crippen molar-refractivity contribution in [3.8, 4) is 17.2 Å². The van der Waals surface area contributed by atoms with Gasteiger partial charge in [0.25, 0.3) is 0 Å². The monoisotopic (exact) mass is 460 g/mol. The van der Waals surface area contributed by atoms with Crippen LogP contribution in [0.4, 0.5) is 0 Å². The number of hydrogen-bond donors (Lipinski definition) is 0. The Labute approximate surface area is 196 Å². The fraction of sp³-hybridized carbons (Fsp3) is 0.480. The second-order valence-electron chi connectivity index (χ2n) is 8.42. The topological polar surface area (TPSA) is 51.2 Å². The van der Waals surface area contributed by atoms with Crippen LogP contribution in [0.2, 0.25) is 0 Å². The van der Waals surface area contributed by atoms with Gasteiger partial charge in [-0.1, -0.05) is 6.07 Å². The van der Waals surface area contributed by atoms with Crippen molar-refractivity contribution in [2.45, 2.75) is 26.3 Å². The van der Waals surface area contributed by atoms with Crippen molar-refractivity contribution in [3.05, 3.63) is 52.6 Å². The van der Waals surface area contributed by atoms with E-state index in [9.17, 15) is 4.79 Å². The highest BCUT2D eigenvalue weighted by molar-refractivity contribution is 6.05. The molecule has 0 spiro atoms. The zero-order valence-electron chi connectivity index (χ0n) is 19.3. The van der Waals surface area contributed by atoms with Crippen LogP contribution in [0, 0.1) is 13.8 Å². The molecular weight excluding hydrogens is 428 g/mol. The standard InChI is InChI=1S/C25H32N2O4.ClH/c1-17-5-6-20(13-18(17)2)31-12-11-26-7-9-27(10-8-26)22-14-19-15-23(29-3)24(30-4)16-21(19)25(22)28;/h5-6,13,15-16,22H,7-12,14H2,1-4H3;1H. The molecule has 0 saturated carbocycles. The molecule has 1 unspecified atom stereocenters. The van der Waals surface area contributed by atoms with E-state index >= 15 is 0 Å². The molecule has 1 heterocycles. The van der Waals surface area contributed by atoms with Crippen LogP contribution in [-0.4, -0.2) is 75.2 Å². The second-order valence-corrected chi connectivity index (χ2v) is 8.42. The maximum atomic E-state index is 13.1. The molecule has 32 heavy (non-hydrogen) atoms. The molecule has 174 valence electrons. The highest BCUT2D eigenvalue weighted by Crippen LogP contribution is 2.36. The first-order chi connectivity index (χ1) is 15.0. The zero-order valence-corrected chi connectivity index (χ0v) is 20.2. The fourth-order valence-corrected chi connectivity index (χ4v) is 4.49. The number of nitrogens with zero attached hydrogens (tertiary/aromatic N) is 2. The van der Waals surface area contributed by atoms with Crippen molar-refractivity contribution in [1.82, 2.24) is 9.80 Å². The number of piperazine rings is 1. The van der Waals surface area contributed by atoms with E-state index in [1.165, 1.54) is 11.1 Å². The Hall–Kier alpha value is -2.28. The number of carbonyl (C=O) groups is 1. The molecular formula is C25H33ClN2O4. The van der Waals surface area contributed by atoms with Crippen LogP contribution in [0.15, 0.2) is 30.3 Å². The Bertz CT molecular complexity index is 957. The molecule has 1 saturated heterocycles. The lowest BCUT2D eigenvalue weighted by atomic mass is 10.1. The van der Waals surface area contributed by atoms with E-state index in [2.05, 4.69) is 35.8 Å². The Kier molecular flexibility index (Phi) is 8.04. The Morgan fingerprint density at radius 1 is 0.938 bits per heavy atom. The molecule has 1 aliphatic heterocycles. The summed E-state index contributed by atoms with van der Waals surface area (Å²) in [5.74, 6) is 2.43. The number of Topliss-reactive ketones (excluding diaryl/α,β-unsaturated/α-hetero) is 1. The number of aryl methyl sites for hydroxylation is 2. The van der Waals surface area contributed by atoms with Crippen LogP contribution in [-0.2, 0) is 6.42 Å². The lowest BCUT2D eigenvalue weighted by Crippen LogP contribution is -2.52. The summed E-state index contributed by atoms with van der Waals surface area (Å²) in [5, 5.41) is 0. The Morgan fingerprint density at radius 2 is 1.62 bits per heavy atom. The van der Waals surface area contributed by atoms with E-state index in [-0.39, 0.29) is 24.2 Å². The Balaban J connectivity index is 0.00000289. The molecule has 4 rings (SSSR count). The highest BCUT2D eigenvalue weighted by atomic mass is 35.5. The molecule has 7 heteroatoms. The van der Waals surface area contributed by atoms with Crippen molar-refractivity contribution >= 4 is 18.2 Å². The van der Waals surface area contributed by atoms with E-state index in [4.69, 9.17) is 14.2 Å². The number of fused-ring (bicyclic) bond motifs is 1. The minimum atomic E-state index is -0.0826. The van der Waals surface area contributed by atoms with Gasteiger partial charge in [0.2, 0.25) is 0 Å². The Morgan fingerprint density at radius 3 is 2.28 bits per heavy atom. The summed E-state index contributed by atoms with van der Waals surface area (Å²) in [7, 11) is 3.23. The lowest BCUT2D eigenvalue weighted by molar-refractivity contribution is 0.0667. The molecule has 1 atom stereocenters. The summed E-state index contributed by atoms with van der Waals surface area (Å²) in [6.45, 7) is 9.47.